The predicted molar refractivity (Wildman–Crippen MR) is 123 cm³/mol. The van der Waals surface area contributed by atoms with E-state index in [1.165, 1.54) is 0 Å². The standard InChI is InChI=1S/C20H24ClN5O.HI/c1-26-13-10-18(11-14-26)25-20(24-16-22)23-12-4-2-3-5-15-27-19-8-6-17(21)7-9-19;/h6-11,13-14H,2-5,12,15H2,1H3,(H,23,24);1H/p+1. The van der Waals surface area contributed by atoms with Crippen LogP contribution in [0.2, 0.25) is 5.02 Å². The quantitative estimate of drug-likeness (QED) is 0.0997. The summed E-state index contributed by atoms with van der Waals surface area (Å²) in [6.07, 6.45) is 9.87. The number of nitriles is 1. The van der Waals surface area contributed by atoms with Gasteiger partial charge in [-0.05, 0) is 43.5 Å². The van der Waals surface area contributed by atoms with E-state index in [9.17, 15) is 0 Å². The monoisotopic (exact) mass is 514 g/mol. The first-order valence-corrected chi connectivity index (χ1v) is 9.35. The third-order valence-electron chi connectivity index (χ3n) is 3.82. The van der Waals surface area contributed by atoms with Gasteiger partial charge >= 0.3 is 0 Å². The molecule has 2 aromatic rings. The summed E-state index contributed by atoms with van der Waals surface area (Å²) < 4.78 is 7.61. The Balaban J connectivity index is 0.00000392. The largest absolute Gasteiger partial charge is 0.494 e. The average molecular weight is 515 g/mol. The SMILES string of the molecule is C[n+]1ccc(NC(=NCCCCCCOc2ccc(Cl)cc2)NC#N)cc1.I. The van der Waals surface area contributed by atoms with Gasteiger partial charge in [-0.15, -0.1) is 24.0 Å². The van der Waals surface area contributed by atoms with E-state index in [0.29, 0.717) is 24.1 Å². The number of hydrogen-bond acceptors (Lipinski definition) is 3. The topological polar surface area (TPSA) is 73.3 Å². The van der Waals surface area contributed by atoms with E-state index >= 15 is 0 Å². The summed E-state index contributed by atoms with van der Waals surface area (Å²) in [6, 6.07) is 11.3. The number of benzene rings is 1. The first-order chi connectivity index (χ1) is 13.2. The van der Waals surface area contributed by atoms with Crippen molar-refractivity contribution in [2.24, 2.45) is 12.0 Å². The molecule has 0 saturated heterocycles. The van der Waals surface area contributed by atoms with Crippen LogP contribution < -0.4 is 19.9 Å². The van der Waals surface area contributed by atoms with Crippen molar-refractivity contribution in [3.63, 3.8) is 0 Å². The molecule has 0 fully saturated rings. The maximum absolute atomic E-state index is 8.86. The first-order valence-electron chi connectivity index (χ1n) is 8.97. The van der Waals surface area contributed by atoms with Gasteiger partial charge in [0.25, 0.3) is 0 Å². The van der Waals surface area contributed by atoms with Gasteiger partial charge in [0, 0.05) is 23.7 Å². The second-order valence-corrected chi connectivity index (χ2v) is 6.50. The molecule has 28 heavy (non-hydrogen) atoms. The molecule has 1 heterocycles. The fourth-order valence-electron chi connectivity index (χ4n) is 2.36. The molecule has 0 atom stereocenters. The summed E-state index contributed by atoms with van der Waals surface area (Å²) in [6.45, 7) is 1.36. The predicted octanol–water partition coefficient (Wildman–Crippen LogP) is 4.26. The highest BCUT2D eigenvalue weighted by Gasteiger charge is 2.01. The average Bonchev–Trinajstić information content (AvgIpc) is 2.67. The normalized spacial score (nSPS) is 10.5. The van der Waals surface area contributed by atoms with Gasteiger partial charge in [-0.25, -0.2) is 4.57 Å². The number of hydrogen-bond donors (Lipinski definition) is 2. The zero-order chi connectivity index (χ0) is 19.3. The summed E-state index contributed by atoms with van der Waals surface area (Å²) >= 11 is 5.84. The fourth-order valence-corrected chi connectivity index (χ4v) is 2.49. The van der Waals surface area contributed by atoms with Gasteiger partial charge in [0.2, 0.25) is 5.96 Å². The van der Waals surface area contributed by atoms with E-state index in [-0.39, 0.29) is 24.0 Å². The molecule has 1 aromatic carbocycles. The number of aryl methyl sites for hydroxylation is 1. The van der Waals surface area contributed by atoms with Gasteiger partial charge in [-0.2, -0.15) is 5.26 Å². The lowest BCUT2D eigenvalue weighted by molar-refractivity contribution is -0.671. The smallest absolute Gasteiger partial charge is 0.209 e. The van der Waals surface area contributed by atoms with Crippen LogP contribution in [0.25, 0.3) is 0 Å². The number of anilines is 1. The highest BCUT2D eigenvalue weighted by molar-refractivity contribution is 14.0. The number of rotatable bonds is 9. The molecular formula is C20H26ClIN5O+. The van der Waals surface area contributed by atoms with Gasteiger partial charge in [0.05, 0.1) is 12.3 Å². The number of halogens is 2. The molecule has 0 bridgehead atoms. The summed E-state index contributed by atoms with van der Waals surface area (Å²) in [7, 11) is 1.95. The zero-order valence-corrected chi connectivity index (χ0v) is 19.0. The first kappa shape index (κ1) is 24.0. The second-order valence-electron chi connectivity index (χ2n) is 6.06. The lowest BCUT2D eigenvalue weighted by Gasteiger charge is -2.07. The van der Waals surface area contributed by atoms with E-state index in [4.69, 9.17) is 21.6 Å². The number of aliphatic imine (C=N–C) groups is 1. The van der Waals surface area contributed by atoms with Crippen LogP contribution in [0, 0.1) is 11.5 Å². The lowest BCUT2D eigenvalue weighted by Crippen LogP contribution is -2.29. The number of ether oxygens (including phenoxy) is 1. The van der Waals surface area contributed by atoms with Crippen molar-refractivity contribution in [2.75, 3.05) is 18.5 Å². The number of guanidine groups is 1. The van der Waals surface area contributed by atoms with Gasteiger partial charge in [0.1, 0.15) is 12.8 Å². The Kier molecular flexibility index (Phi) is 12.0. The van der Waals surface area contributed by atoms with Crippen LogP contribution >= 0.6 is 35.6 Å². The van der Waals surface area contributed by atoms with E-state index in [2.05, 4.69) is 15.6 Å². The van der Waals surface area contributed by atoms with Gasteiger partial charge in [-0.3, -0.25) is 10.3 Å². The molecule has 0 aliphatic rings. The molecule has 150 valence electrons. The van der Waals surface area contributed by atoms with Crippen LogP contribution in [-0.4, -0.2) is 19.1 Å². The van der Waals surface area contributed by atoms with Gasteiger partial charge in [0.15, 0.2) is 18.6 Å². The van der Waals surface area contributed by atoms with Gasteiger partial charge in [-0.1, -0.05) is 18.0 Å². The highest BCUT2D eigenvalue weighted by atomic mass is 127. The highest BCUT2D eigenvalue weighted by Crippen LogP contribution is 2.16. The summed E-state index contributed by atoms with van der Waals surface area (Å²) in [5, 5.41) is 15.3. The Bertz CT molecular complexity index is 760. The molecule has 0 amide bonds. The van der Waals surface area contributed by atoms with Crippen molar-refractivity contribution in [1.29, 1.82) is 5.26 Å². The van der Waals surface area contributed by atoms with Crippen LogP contribution in [0.1, 0.15) is 25.7 Å². The number of nitrogens with one attached hydrogen (secondary N) is 2. The van der Waals surface area contributed by atoms with Crippen LogP contribution in [0.15, 0.2) is 53.8 Å². The molecular weight excluding hydrogens is 489 g/mol. The van der Waals surface area contributed by atoms with Gasteiger partial charge < -0.3 is 10.1 Å². The maximum atomic E-state index is 8.86. The minimum Gasteiger partial charge on any atom is -0.494 e. The van der Waals surface area contributed by atoms with Crippen LogP contribution in [0.4, 0.5) is 5.69 Å². The molecule has 0 saturated carbocycles. The van der Waals surface area contributed by atoms with Crippen molar-refractivity contribution in [1.82, 2.24) is 5.32 Å². The van der Waals surface area contributed by atoms with Crippen LogP contribution in [0.3, 0.4) is 0 Å². The Hall–Kier alpha value is -2.05. The summed E-state index contributed by atoms with van der Waals surface area (Å²) in [5.41, 5.74) is 0.883. The molecule has 2 N–H and O–H groups in total. The molecule has 6 nitrogen and oxygen atoms in total. The number of pyridine rings is 1. The molecule has 1 aromatic heterocycles. The van der Waals surface area contributed by atoms with Crippen LogP contribution in [-0.2, 0) is 7.05 Å². The summed E-state index contributed by atoms with van der Waals surface area (Å²) in [4.78, 5) is 4.43. The minimum atomic E-state index is 0. The molecule has 0 aliphatic carbocycles. The maximum Gasteiger partial charge on any atom is 0.209 e. The number of aromatic nitrogens is 1. The third kappa shape index (κ3) is 9.76. The Morgan fingerprint density at radius 1 is 1.11 bits per heavy atom. The van der Waals surface area contributed by atoms with E-state index < -0.39 is 0 Å². The fraction of sp³-hybridized carbons (Fsp3) is 0.350. The molecule has 0 unspecified atom stereocenters. The Morgan fingerprint density at radius 3 is 2.46 bits per heavy atom. The molecule has 0 spiro atoms. The Labute approximate surface area is 188 Å². The number of nitrogens with zero attached hydrogens (tertiary/aromatic N) is 3. The van der Waals surface area contributed by atoms with Crippen LogP contribution in [0.5, 0.6) is 5.75 Å². The molecule has 0 aliphatic heterocycles. The molecule has 0 radical (unpaired) electrons. The van der Waals surface area contributed by atoms with Crippen molar-refractivity contribution in [2.45, 2.75) is 25.7 Å². The Morgan fingerprint density at radius 2 is 1.79 bits per heavy atom. The molecule has 2 rings (SSSR count). The van der Waals surface area contributed by atoms with Crippen molar-refractivity contribution >= 4 is 47.2 Å². The van der Waals surface area contributed by atoms with Crippen molar-refractivity contribution in [3.05, 3.63) is 53.8 Å². The van der Waals surface area contributed by atoms with E-state index in [0.717, 1.165) is 37.1 Å². The van der Waals surface area contributed by atoms with E-state index in [1.807, 2.05) is 66.6 Å². The minimum absolute atomic E-state index is 0. The van der Waals surface area contributed by atoms with E-state index in [1.54, 1.807) is 0 Å². The van der Waals surface area contributed by atoms with Crippen molar-refractivity contribution in [3.8, 4) is 11.9 Å². The number of unbranched alkanes of at least 4 members (excludes halogenated alkanes) is 3. The second kappa shape index (κ2) is 14.0. The lowest BCUT2D eigenvalue weighted by atomic mass is 10.2. The molecule has 8 heteroatoms. The summed E-state index contributed by atoms with van der Waals surface area (Å²) in [5.74, 6) is 1.31. The zero-order valence-electron chi connectivity index (χ0n) is 15.9. The third-order valence-corrected chi connectivity index (χ3v) is 4.07. The van der Waals surface area contributed by atoms with Crippen molar-refractivity contribution < 1.29 is 9.30 Å².